The predicted octanol–water partition coefficient (Wildman–Crippen LogP) is 2.72. The van der Waals surface area contributed by atoms with E-state index in [9.17, 15) is 19.2 Å². The first-order valence-corrected chi connectivity index (χ1v) is 11.3. The van der Waals surface area contributed by atoms with Gasteiger partial charge in [0.15, 0.2) is 6.61 Å². The van der Waals surface area contributed by atoms with Crippen molar-refractivity contribution in [3.63, 3.8) is 0 Å². The number of primary amides is 1. The van der Waals surface area contributed by atoms with Crippen LogP contribution in [0.4, 0.5) is 11.4 Å². The molecule has 0 bridgehead atoms. The van der Waals surface area contributed by atoms with Gasteiger partial charge in [0.25, 0.3) is 11.8 Å². The summed E-state index contributed by atoms with van der Waals surface area (Å²) < 4.78 is 5.35. The van der Waals surface area contributed by atoms with Gasteiger partial charge >= 0.3 is 5.97 Å². The highest BCUT2D eigenvalue weighted by molar-refractivity contribution is 8.00. The van der Waals surface area contributed by atoms with E-state index in [1.54, 1.807) is 48.5 Å². The largest absolute Gasteiger partial charge is 0.452 e. The van der Waals surface area contributed by atoms with Gasteiger partial charge in [0.05, 0.1) is 22.7 Å². The second-order valence-corrected chi connectivity index (χ2v) is 8.78. The molecule has 1 aliphatic heterocycles. The van der Waals surface area contributed by atoms with E-state index in [0.29, 0.717) is 29.1 Å². The number of carbonyl (C=O) groups is 4. The van der Waals surface area contributed by atoms with Gasteiger partial charge in [-0.2, -0.15) is 0 Å². The molecule has 0 atom stereocenters. The van der Waals surface area contributed by atoms with Crippen LogP contribution in [-0.4, -0.2) is 41.6 Å². The minimum Gasteiger partial charge on any atom is -0.452 e. The monoisotopic (exact) mass is 453 g/mol. The van der Waals surface area contributed by atoms with Gasteiger partial charge in [0, 0.05) is 4.90 Å². The summed E-state index contributed by atoms with van der Waals surface area (Å²) in [6.07, 6.45) is 2.78. The van der Waals surface area contributed by atoms with Crippen LogP contribution in [0.1, 0.15) is 36.0 Å². The van der Waals surface area contributed by atoms with E-state index in [2.05, 4.69) is 5.32 Å². The fourth-order valence-electron chi connectivity index (χ4n) is 4.31. The van der Waals surface area contributed by atoms with E-state index in [0.717, 1.165) is 24.6 Å². The highest BCUT2D eigenvalue weighted by Gasteiger charge is 2.52. The van der Waals surface area contributed by atoms with Gasteiger partial charge in [-0.15, -0.1) is 11.8 Å². The first-order valence-electron chi connectivity index (χ1n) is 10.3. The zero-order valence-electron chi connectivity index (χ0n) is 17.3. The standard InChI is InChI=1S/C23H23N3O5S/c24-19(27)14-32-18-10-4-1-7-15(18)21(29)31-13-20(28)26-17-9-3-2-8-16(17)25-22(30)23(26)11-5-6-12-23/h1-4,7-10H,5-6,11-14H2,(H2,24,27)(H,25,30). The number of nitrogens with zero attached hydrogens (tertiary/aromatic N) is 1. The smallest absolute Gasteiger partial charge is 0.339 e. The van der Waals surface area contributed by atoms with Crippen LogP contribution in [0, 0.1) is 0 Å². The molecule has 3 N–H and O–H groups in total. The Balaban J connectivity index is 1.54. The van der Waals surface area contributed by atoms with Crippen LogP contribution in [0.15, 0.2) is 53.4 Å². The van der Waals surface area contributed by atoms with Crippen LogP contribution in [-0.2, 0) is 19.1 Å². The second-order valence-electron chi connectivity index (χ2n) is 7.77. The van der Waals surface area contributed by atoms with Gasteiger partial charge in [-0.1, -0.05) is 37.1 Å². The predicted molar refractivity (Wildman–Crippen MR) is 120 cm³/mol. The summed E-state index contributed by atoms with van der Waals surface area (Å²) in [7, 11) is 0. The third-order valence-electron chi connectivity index (χ3n) is 5.73. The quantitative estimate of drug-likeness (QED) is 0.513. The number of thioether (sulfide) groups is 1. The third-order valence-corrected chi connectivity index (χ3v) is 6.82. The molecule has 1 spiro atoms. The van der Waals surface area contributed by atoms with Crippen LogP contribution >= 0.6 is 11.8 Å². The summed E-state index contributed by atoms with van der Waals surface area (Å²) in [4.78, 5) is 52.1. The summed E-state index contributed by atoms with van der Waals surface area (Å²) in [6.45, 7) is -0.503. The highest BCUT2D eigenvalue weighted by Crippen LogP contribution is 2.45. The number of fused-ring (bicyclic) bond motifs is 1. The molecule has 8 nitrogen and oxygen atoms in total. The van der Waals surface area contributed by atoms with Crippen molar-refractivity contribution in [2.45, 2.75) is 36.1 Å². The molecular formula is C23H23N3O5S. The van der Waals surface area contributed by atoms with E-state index in [-0.39, 0.29) is 17.2 Å². The number of amides is 3. The van der Waals surface area contributed by atoms with Crippen molar-refractivity contribution in [3.8, 4) is 0 Å². The maximum absolute atomic E-state index is 13.3. The number of para-hydroxylation sites is 2. The maximum atomic E-state index is 13.3. The number of esters is 1. The topological polar surface area (TPSA) is 119 Å². The summed E-state index contributed by atoms with van der Waals surface area (Å²) >= 11 is 1.13. The maximum Gasteiger partial charge on any atom is 0.339 e. The van der Waals surface area contributed by atoms with Gasteiger partial charge in [-0.3, -0.25) is 19.3 Å². The van der Waals surface area contributed by atoms with E-state index in [1.165, 1.54) is 4.90 Å². The molecule has 0 aromatic heterocycles. The van der Waals surface area contributed by atoms with Crippen molar-refractivity contribution < 1.29 is 23.9 Å². The first kappa shape index (κ1) is 21.9. The van der Waals surface area contributed by atoms with Crippen molar-refractivity contribution in [2.75, 3.05) is 22.6 Å². The molecule has 1 saturated carbocycles. The first-order chi connectivity index (χ1) is 15.4. The normalized spacial score (nSPS) is 16.4. The molecular weight excluding hydrogens is 430 g/mol. The number of benzene rings is 2. The fraction of sp³-hybridized carbons (Fsp3) is 0.304. The molecule has 1 fully saturated rings. The zero-order valence-corrected chi connectivity index (χ0v) is 18.2. The lowest BCUT2D eigenvalue weighted by Gasteiger charge is -2.44. The molecule has 166 valence electrons. The lowest BCUT2D eigenvalue weighted by atomic mass is 9.90. The minimum absolute atomic E-state index is 0.0193. The van der Waals surface area contributed by atoms with Crippen LogP contribution in [0.2, 0.25) is 0 Å². The van der Waals surface area contributed by atoms with Crippen molar-refractivity contribution in [1.82, 2.24) is 0 Å². The van der Waals surface area contributed by atoms with Crippen molar-refractivity contribution in [1.29, 1.82) is 0 Å². The Morgan fingerprint density at radius 2 is 1.75 bits per heavy atom. The molecule has 2 aliphatic rings. The number of nitrogens with one attached hydrogen (secondary N) is 1. The lowest BCUT2D eigenvalue weighted by Crippen LogP contribution is -2.61. The number of rotatable bonds is 6. The fourth-order valence-corrected chi connectivity index (χ4v) is 5.09. The SMILES string of the molecule is NC(=O)CSc1ccccc1C(=O)OCC(=O)N1c2ccccc2NC(=O)C12CCCC2. The second kappa shape index (κ2) is 9.04. The number of nitrogens with two attached hydrogens (primary N) is 1. The average molecular weight is 454 g/mol. The molecule has 3 amide bonds. The molecule has 32 heavy (non-hydrogen) atoms. The Hall–Kier alpha value is -3.33. The number of carbonyl (C=O) groups excluding carboxylic acids is 4. The molecule has 1 heterocycles. The van der Waals surface area contributed by atoms with E-state index >= 15 is 0 Å². The summed E-state index contributed by atoms with van der Waals surface area (Å²) in [5.41, 5.74) is 5.64. The molecule has 4 rings (SSSR count). The van der Waals surface area contributed by atoms with Gasteiger partial charge in [0.1, 0.15) is 5.54 Å². The molecule has 1 aliphatic carbocycles. The summed E-state index contributed by atoms with van der Waals surface area (Å²) in [5, 5.41) is 2.92. The Morgan fingerprint density at radius 1 is 1.06 bits per heavy atom. The van der Waals surface area contributed by atoms with Crippen molar-refractivity contribution >= 4 is 46.8 Å². The van der Waals surface area contributed by atoms with Gasteiger partial charge in [0.2, 0.25) is 5.91 Å². The average Bonchev–Trinajstić information content (AvgIpc) is 3.27. The number of hydrogen-bond acceptors (Lipinski definition) is 6. The van der Waals surface area contributed by atoms with Gasteiger partial charge in [-0.05, 0) is 37.1 Å². The van der Waals surface area contributed by atoms with Crippen LogP contribution in [0.5, 0.6) is 0 Å². The third kappa shape index (κ3) is 4.08. The van der Waals surface area contributed by atoms with Gasteiger partial charge < -0.3 is 15.8 Å². The molecule has 2 aromatic rings. The van der Waals surface area contributed by atoms with E-state index in [1.807, 2.05) is 0 Å². The lowest BCUT2D eigenvalue weighted by molar-refractivity contribution is -0.129. The highest BCUT2D eigenvalue weighted by atomic mass is 32.2. The number of anilines is 2. The minimum atomic E-state index is -0.965. The number of hydrogen-bond donors (Lipinski definition) is 2. The Bertz CT molecular complexity index is 1080. The summed E-state index contributed by atoms with van der Waals surface area (Å²) in [6, 6.07) is 13.8. The van der Waals surface area contributed by atoms with Gasteiger partial charge in [-0.25, -0.2) is 4.79 Å². The van der Waals surface area contributed by atoms with Crippen LogP contribution in [0.3, 0.4) is 0 Å². The van der Waals surface area contributed by atoms with Crippen molar-refractivity contribution in [2.24, 2.45) is 5.73 Å². The van der Waals surface area contributed by atoms with Crippen LogP contribution < -0.4 is 16.0 Å². The molecule has 0 saturated heterocycles. The molecule has 0 unspecified atom stereocenters. The zero-order chi connectivity index (χ0) is 22.7. The summed E-state index contributed by atoms with van der Waals surface area (Å²) in [5.74, 6) is -1.82. The van der Waals surface area contributed by atoms with E-state index in [4.69, 9.17) is 10.5 Å². The van der Waals surface area contributed by atoms with Crippen molar-refractivity contribution in [3.05, 3.63) is 54.1 Å². The Morgan fingerprint density at radius 3 is 2.50 bits per heavy atom. The molecule has 9 heteroatoms. The molecule has 0 radical (unpaired) electrons. The van der Waals surface area contributed by atoms with E-state index < -0.39 is 29.9 Å². The van der Waals surface area contributed by atoms with Crippen LogP contribution in [0.25, 0.3) is 0 Å². The Labute approximate surface area is 189 Å². The number of ether oxygens (including phenoxy) is 1. The Kier molecular flexibility index (Phi) is 6.18. The molecule has 2 aromatic carbocycles.